The molecule has 0 amide bonds. The maximum absolute atomic E-state index is 5.98. The summed E-state index contributed by atoms with van der Waals surface area (Å²) in [5.41, 5.74) is 0. The van der Waals surface area contributed by atoms with Crippen molar-refractivity contribution in [2.24, 2.45) is 4.99 Å². The van der Waals surface area contributed by atoms with E-state index in [1.165, 1.54) is 6.40 Å². The van der Waals surface area contributed by atoms with Crippen molar-refractivity contribution >= 4 is 23.0 Å². The summed E-state index contributed by atoms with van der Waals surface area (Å²) >= 11 is 0. The average molecular weight is 316 g/mol. The van der Waals surface area contributed by atoms with Crippen LogP contribution in [0.15, 0.2) is 17.5 Å². The molecule has 0 rings (SSSR count). The fraction of sp³-hybridized carbons (Fsp3) is 0.800. The Bertz CT molecular complexity index is 374. The van der Waals surface area contributed by atoms with E-state index in [1.54, 1.807) is 0 Å². The van der Waals surface area contributed by atoms with E-state index in [0.717, 1.165) is 0 Å². The van der Waals surface area contributed by atoms with E-state index < -0.39 is 16.6 Å². The third kappa shape index (κ3) is 5.44. The molecule has 3 nitrogen and oxygen atoms in total. The minimum atomic E-state index is -1.86. The zero-order valence-electron chi connectivity index (χ0n) is 15.0. The van der Waals surface area contributed by atoms with Gasteiger partial charge in [-0.2, -0.15) is 4.99 Å². The van der Waals surface area contributed by atoms with Crippen molar-refractivity contribution in [3.63, 3.8) is 0 Å². The van der Waals surface area contributed by atoms with Crippen molar-refractivity contribution in [2.75, 3.05) is 0 Å². The fourth-order valence-corrected chi connectivity index (χ4v) is 2.49. The number of rotatable bonds is 5. The number of nitrogens with zero attached hydrogens (tertiary/aromatic N) is 1. The molecule has 0 fully saturated rings. The van der Waals surface area contributed by atoms with Crippen LogP contribution in [0, 0.1) is 0 Å². The van der Waals surface area contributed by atoms with Gasteiger partial charge in [-0.3, -0.25) is 0 Å². The second-order valence-electron chi connectivity index (χ2n) is 8.37. The van der Waals surface area contributed by atoms with E-state index in [4.69, 9.17) is 8.85 Å². The van der Waals surface area contributed by atoms with E-state index >= 15 is 0 Å². The summed E-state index contributed by atoms with van der Waals surface area (Å²) in [5.74, 6) is 0.454. The minimum absolute atomic E-state index is 0.145. The molecule has 0 radical (unpaired) electrons. The van der Waals surface area contributed by atoms with Crippen LogP contribution in [0.25, 0.3) is 0 Å². The molecule has 0 aliphatic carbocycles. The van der Waals surface area contributed by atoms with Crippen molar-refractivity contribution in [3.05, 3.63) is 12.5 Å². The Kier molecular flexibility index (Phi) is 5.89. The lowest BCUT2D eigenvalue weighted by atomic mass is 10.2. The maximum atomic E-state index is 5.98. The third-order valence-corrected chi connectivity index (χ3v) is 13.2. The van der Waals surface area contributed by atoms with E-state index in [-0.39, 0.29) is 10.1 Å². The Balaban J connectivity index is 4.62. The molecule has 0 aliphatic rings. The molecule has 0 N–H and O–H groups in total. The molecule has 0 aromatic carbocycles. The summed E-state index contributed by atoms with van der Waals surface area (Å²) in [6.45, 7) is 25.8. The van der Waals surface area contributed by atoms with Gasteiger partial charge in [-0.15, -0.1) is 0 Å². The zero-order valence-corrected chi connectivity index (χ0v) is 17.0. The van der Waals surface area contributed by atoms with Gasteiger partial charge in [0.1, 0.15) is 0 Å². The Labute approximate surface area is 127 Å². The minimum Gasteiger partial charge on any atom is -0.536 e. The van der Waals surface area contributed by atoms with Gasteiger partial charge in [0, 0.05) is 0 Å². The zero-order chi connectivity index (χ0) is 16.4. The lowest BCUT2D eigenvalue weighted by molar-refractivity contribution is 0.380. The van der Waals surface area contributed by atoms with Gasteiger partial charge in [-0.05, 0) is 42.8 Å². The summed E-state index contributed by atoms with van der Waals surface area (Å²) in [7, 11) is -3.66. The maximum Gasteiger partial charge on any atom is 0.252 e. The van der Waals surface area contributed by atoms with Gasteiger partial charge in [0.25, 0.3) is 16.6 Å². The van der Waals surface area contributed by atoms with Gasteiger partial charge >= 0.3 is 0 Å². The van der Waals surface area contributed by atoms with Gasteiger partial charge in [0.2, 0.25) is 0 Å². The first-order valence-electron chi connectivity index (χ1n) is 7.18. The smallest absolute Gasteiger partial charge is 0.252 e. The monoisotopic (exact) mass is 315 g/mol. The van der Waals surface area contributed by atoms with Gasteiger partial charge in [-0.25, -0.2) is 0 Å². The lowest BCUT2D eigenvalue weighted by Gasteiger charge is -2.36. The molecule has 0 aromatic rings. The van der Waals surface area contributed by atoms with Crippen molar-refractivity contribution in [3.8, 4) is 0 Å². The highest BCUT2D eigenvalue weighted by molar-refractivity contribution is 6.75. The van der Waals surface area contributed by atoms with Gasteiger partial charge < -0.3 is 8.85 Å². The molecular formula is C15H33NO2Si2. The average Bonchev–Trinajstić information content (AvgIpc) is 2.12. The predicted octanol–water partition coefficient (Wildman–Crippen LogP) is 5.53. The van der Waals surface area contributed by atoms with Crippen LogP contribution < -0.4 is 0 Å². The first-order chi connectivity index (χ1) is 8.60. The van der Waals surface area contributed by atoms with Crippen LogP contribution in [0.4, 0.5) is 0 Å². The summed E-state index contributed by atoms with van der Waals surface area (Å²) in [6, 6.07) is 0. The summed E-state index contributed by atoms with van der Waals surface area (Å²) < 4.78 is 11.9. The quantitative estimate of drug-likeness (QED) is 0.289. The number of hydrogen-bond donors (Lipinski definition) is 0. The van der Waals surface area contributed by atoms with Crippen LogP contribution in [-0.4, -0.2) is 23.0 Å². The Morgan fingerprint density at radius 1 is 0.900 bits per heavy atom. The van der Waals surface area contributed by atoms with E-state index in [2.05, 4.69) is 79.3 Å². The molecule has 0 aromatic heterocycles. The standard InChI is InChI=1S/C15H33NO2Si2/c1-13(18-20(10,11)15(5,6)7)16-12-17-19(8,9)14(2,3)4/h12H,1H2,2-11H3/b16-12+. The van der Waals surface area contributed by atoms with Crippen molar-refractivity contribution in [1.29, 1.82) is 0 Å². The van der Waals surface area contributed by atoms with Crippen molar-refractivity contribution < 1.29 is 8.85 Å². The van der Waals surface area contributed by atoms with Crippen molar-refractivity contribution in [2.45, 2.75) is 77.8 Å². The highest BCUT2D eigenvalue weighted by atomic mass is 28.4. The fourth-order valence-electron chi connectivity index (χ4n) is 0.868. The first kappa shape index (κ1) is 19.4. The number of hydrogen-bond acceptors (Lipinski definition) is 3. The summed E-state index contributed by atoms with van der Waals surface area (Å²) in [5, 5.41) is 0.312. The van der Waals surface area contributed by atoms with Gasteiger partial charge in [-0.1, -0.05) is 41.5 Å². The summed E-state index contributed by atoms with van der Waals surface area (Å²) in [4.78, 5) is 4.23. The van der Waals surface area contributed by atoms with Crippen LogP contribution in [0.5, 0.6) is 0 Å². The molecule has 20 heavy (non-hydrogen) atoms. The van der Waals surface area contributed by atoms with Crippen LogP contribution >= 0.6 is 0 Å². The van der Waals surface area contributed by atoms with Crippen LogP contribution in [0.1, 0.15) is 41.5 Å². The highest BCUT2D eigenvalue weighted by Gasteiger charge is 2.40. The predicted molar refractivity (Wildman–Crippen MR) is 94.2 cm³/mol. The largest absolute Gasteiger partial charge is 0.536 e. The highest BCUT2D eigenvalue weighted by Crippen LogP contribution is 2.38. The second-order valence-corrected chi connectivity index (χ2v) is 17.8. The molecule has 0 unspecified atom stereocenters. The Morgan fingerprint density at radius 3 is 1.65 bits per heavy atom. The van der Waals surface area contributed by atoms with Crippen molar-refractivity contribution in [1.82, 2.24) is 0 Å². The normalized spacial score (nSPS) is 14.5. The molecule has 0 heterocycles. The van der Waals surface area contributed by atoms with E-state index in [0.29, 0.717) is 5.88 Å². The summed E-state index contributed by atoms with van der Waals surface area (Å²) in [6.07, 6.45) is 1.52. The first-order valence-corrected chi connectivity index (χ1v) is 13.0. The topological polar surface area (TPSA) is 30.8 Å². The Morgan fingerprint density at radius 2 is 1.30 bits per heavy atom. The molecule has 0 bridgehead atoms. The SMILES string of the molecule is C=C(/N=C/O[Si](C)(C)C(C)(C)C)O[Si](C)(C)C(C)(C)C. The molecule has 0 aliphatic heterocycles. The third-order valence-electron chi connectivity index (χ3n) is 4.53. The van der Waals surface area contributed by atoms with Crippen LogP contribution in [-0.2, 0) is 8.85 Å². The number of aliphatic imine (C=N–C) groups is 1. The lowest BCUT2D eigenvalue weighted by Crippen LogP contribution is -2.41. The Hall–Kier alpha value is -0.556. The second kappa shape index (κ2) is 6.06. The molecule has 0 saturated carbocycles. The van der Waals surface area contributed by atoms with E-state index in [1.807, 2.05) is 0 Å². The van der Waals surface area contributed by atoms with Gasteiger partial charge in [0.15, 0.2) is 12.3 Å². The van der Waals surface area contributed by atoms with Gasteiger partial charge in [0.05, 0.1) is 0 Å². The van der Waals surface area contributed by atoms with Crippen LogP contribution in [0.2, 0.25) is 36.3 Å². The molecule has 0 spiro atoms. The molecule has 118 valence electrons. The van der Waals surface area contributed by atoms with E-state index in [9.17, 15) is 0 Å². The molecule has 5 heteroatoms. The molecule has 0 saturated heterocycles. The molecule has 0 atom stereocenters. The van der Waals surface area contributed by atoms with Crippen LogP contribution in [0.3, 0.4) is 0 Å². The molecular weight excluding hydrogens is 282 g/mol.